The van der Waals surface area contributed by atoms with Crippen molar-refractivity contribution in [1.82, 2.24) is 4.98 Å². The van der Waals surface area contributed by atoms with Gasteiger partial charge in [-0.1, -0.05) is 38.2 Å². The molecule has 0 radical (unpaired) electrons. The molecule has 88 valence electrons. The molecule has 16 heavy (non-hydrogen) atoms. The molecule has 2 bridgehead atoms. The zero-order valence-electron chi connectivity index (χ0n) is 10.0. The van der Waals surface area contributed by atoms with Crippen LogP contribution in [0.4, 0.5) is 5.82 Å². The highest BCUT2D eigenvalue weighted by Gasteiger charge is 2.04. The first-order valence-electron chi connectivity index (χ1n) is 6.60. The summed E-state index contributed by atoms with van der Waals surface area (Å²) in [6, 6.07) is 4.33. The standard InChI is InChI=1S/C14H22N2/c15-14-12-8-6-4-2-1-3-5-7-9-13(16-14)11-10-12/h10-11H,1-9H2,(H2,15,16). The Hall–Kier alpha value is -1.05. The lowest BCUT2D eigenvalue weighted by atomic mass is 10.1. The van der Waals surface area contributed by atoms with E-state index >= 15 is 0 Å². The number of fused-ring (bicyclic) bond motifs is 10. The molecule has 3 rings (SSSR count). The first-order chi connectivity index (χ1) is 7.86. The van der Waals surface area contributed by atoms with Crippen molar-refractivity contribution in [2.75, 3.05) is 5.73 Å². The van der Waals surface area contributed by atoms with Gasteiger partial charge in [-0.2, -0.15) is 0 Å². The highest BCUT2D eigenvalue weighted by Crippen LogP contribution is 2.17. The van der Waals surface area contributed by atoms with Gasteiger partial charge < -0.3 is 5.73 Å². The molecule has 0 fully saturated rings. The Balaban J connectivity index is 2.07. The molecule has 1 aromatic heterocycles. The van der Waals surface area contributed by atoms with Crippen molar-refractivity contribution in [3.63, 3.8) is 0 Å². The number of hydrogen-bond donors (Lipinski definition) is 1. The number of aryl methyl sites for hydroxylation is 2. The van der Waals surface area contributed by atoms with E-state index < -0.39 is 0 Å². The van der Waals surface area contributed by atoms with Crippen LogP contribution in [-0.2, 0) is 12.8 Å². The predicted octanol–water partition coefficient (Wildman–Crippen LogP) is 3.49. The van der Waals surface area contributed by atoms with Crippen LogP contribution in [0.1, 0.15) is 56.2 Å². The fraction of sp³-hybridized carbons (Fsp3) is 0.643. The molecule has 1 aliphatic heterocycles. The minimum atomic E-state index is 0.761. The van der Waals surface area contributed by atoms with Crippen molar-refractivity contribution in [1.29, 1.82) is 0 Å². The van der Waals surface area contributed by atoms with Crippen LogP contribution >= 0.6 is 0 Å². The summed E-state index contributed by atoms with van der Waals surface area (Å²) in [7, 11) is 0. The lowest BCUT2D eigenvalue weighted by Gasteiger charge is -2.06. The molecule has 0 unspecified atom stereocenters. The van der Waals surface area contributed by atoms with Crippen LogP contribution in [0.5, 0.6) is 0 Å². The van der Waals surface area contributed by atoms with Gasteiger partial charge in [0.1, 0.15) is 5.82 Å². The molecule has 1 aliphatic carbocycles. The molecular weight excluding hydrogens is 196 g/mol. The fourth-order valence-electron chi connectivity index (χ4n) is 2.40. The second kappa shape index (κ2) is 5.88. The molecule has 2 heteroatoms. The zero-order valence-corrected chi connectivity index (χ0v) is 10.0. The van der Waals surface area contributed by atoms with Gasteiger partial charge in [-0.3, -0.25) is 0 Å². The van der Waals surface area contributed by atoms with Gasteiger partial charge in [0.05, 0.1) is 0 Å². The molecular formula is C14H22N2. The summed E-state index contributed by atoms with van der Waals surface area (Å²) in [6.07, 6.45) is 11.5. The minimum Gasteiger partial charge on any atom is -0.383 e. The summed E-state index contributed by atoms with van der Waals surface area (Å²) in [6.45, 7) is 0. The summed E-state index contributed by atoms with van der Waals surface area (Å²) in [5.74, 6) is 0.761. The Kier molecular flexibility index (Phi) is 4.20. The van der Waals surface area contributed by atoms with E-state index in [1.165, 1.54) is 56.2 Å². The minimum absolute atomic E-state index is 0.761. The molecule has 0 saturated heterocycles. The van der Waals surface area contributed by atoms with Crippen molar-refractivity contribution in [3.05, 3.63) is 23.4 Å². The molecule has 0 spiro atoms. The normalized spacial score (nSPS) is 18.5. The van der Waals surface area contributed by atoms with Crippen LogP contribution in [0, 0.1) is 0 Å². The Labute approximate surface area is 98.3 Å². The number of nitrogens with zero attached hydrogens (tertiary/aromatic N) is 1. The van der Waals surface area contributed by atoms with Crippen LogP contribution in [0.25, 0.3) is 0 Å². The zero-order chi connectivity index (χ0) is 11.2. The van der Waals surface area contributed by atoms with E-state index in [9.17, 15) is 0 Å². The van der Waals surface area contributed by atoms with Crippen molar-refractivity contribution >= 4 is 5.82 Å². The SMILES string of the molecule is Nc1nc2ccc1CCCCCCCCC2. The third-order valence-corrected chi connectivity index (χ3v) is 3.45. The Morgan fingerprint density at radius 2 is 1.44 bits per heavy atom. The van der Waals surface area contributed by atoms with Crippen molar-refractivity contribution in [2.45, 2.75) is 57.8 Å². The quantitative estimate of drug-likeness (QED) is 0.724. The van der Waals surface area contributed by atoms with E-state index in [2.05, 4.69) is 17.1 Å². The second-order valence-electron chi connectivity index (χ2n) is 4.82. The number of pyridine rings is 1. The van der Waals surface area contributed by atoms with Crippen molar-refractivity contribution in [2.24, 2.45) is 0 Å². The number of nitrogen functional groups attached to an aromatic ring is 1. The maximum Gasteiger partial charge on any atom is 0.126 e. The van der Waals surface area contributed by atoms with Gasteiger partial charge in [-0.25, -0.2) is 4.98 Å². The summed E-state index contributed by atoms with van der Waals surface area (Å²) >= 11 is 0. The maximum absolute atomic E-state index is 5.98. The van der Waals surface area contributed by atoms with Gasteiger partial charge in [0.2, 0.25) is 0 Å². The molecule has 0 aromatic carbocycles. The van der Waals surface area contributed by atoms with Crippen molar-refractivity contribution < 1.29 is 0 Å². The smallest absolute Gasteiger partial charge is 0.126 e. The molecule has 2 heterocycles. The molecule has 2 N–H and O–H groups in total. The maximum atomic E-state index is 5.98. The number of aromatic nitrogens is 1. The average Bonchev–Trinajstić information content (AvgIpc) is 2.31. The molecule has 2 nitrogen and oxygen atoms in total. The van der Waals surface area contributed by atoms with Gasteiger partial charge in [-0.15, -0.1) is 0 Å². The third kappa shape index (κ3) is 3.22. The Bertz CT molecular complexity index is 334. The monoisotopic (exact) mass is 218 g/mol. The number of rotatable bonds is 0. The molecule has 0 amide bonds. The van der Waals surface area contributed by atoms with Crippen LogP contribution in [0.3, 0.4) is 0 Å². The predicted molar refractivity (Wildman–Crippen MR) is 68.4 cm³/mol. The molecule has 0 atom stereocenters. The van der Waals surface area contributed by atoms with Gasteiger partial charge in [-0.05, 0) is 37.3 Å². The van der Waals surface area contributed by atoms with Crippen molar-refractivity contribution in [3.8, 4) is 0 Å². The number of hydrogen-bond acceptors (Lipinski definition) is 2. The van der Waals surface area contributed by atoms with E-state index in [1.807, 2.05) is 0 Å². The summed E-state index contributed by atoms with van der Waals surface area (Å²) in [5, 5.41) is 0. The third-order valence-electron chi connectivity index (χ3n) is 3.45. The van der Waals surface area contributed by atoms with E-state index in [0.29, 0.717) is 0 Å². The molecule has 2 aliphatic rings. The fourth-order valence-corrected chi connectivity index (χ4v) is 2.40. The molecule has 0 saturated carbocycles. The lowest BCUT2D eigenvalue weighted by Crippen LogP contribution is -2.01. The van der Waals surface area contributed by atoms with E-state index in [1.54, 1.807) is 0 Å². The second-order valence-corrected chi connectivity index (χ2v) is 4.82. The van der Waals surface area contributed by atoms with E-state index in [4.69, 9.17) is 5.73 Å². The largest absolute Gasteiger partial charge is 0.383 e. The summed E-state index contributed by atoms with van der Waals surface area (Å²) in [4.78, 5) is 4.50. The summed E-state index contributed by atoms with van der Waals surface area (Å²) < 4.78 is 0. The summed E-state index contributed by atoms with van der Waals surface area (Å²) in [5.41, 5.74) is 8.39. The van der Waals surface area contributed by atoms with Crippen LogP contribution in [-0.4, -0.2) is 4.98 Å². The topological polar surface area (TPSA) is 38.9 Å². The van der Waals surface area contributed by atoms with Crippen LogP contribution in [0.15, 0.2) is 12.1 Å². The average molecular weight is 218 g/mol. The van der Waals surface area contributed by atoms with Gasteiger partial charge in [0.15, 0.2) is 0 Å². The number of nitrogens with two attached hydrogens (primary N) is 1. The first-order valence-corrected chi connectivity index (χ1v) is 6.60. The van der Waals surface area contributed by atoms with E-state index in [0.717, 1.165) is 18.7 Å². The Morgan fingerprint density at radius 3 is 2.12 bits per heavy atom. The van der Waals surface area contributed by atoms with Gasteiger partial charge in [0, 0.05) is 5.69 Å². The lowest BCUT2D eigenvalue weighted by molar-refractivity contribution is 0.580. The Morgan fingerprint density at radius 1 is 0.812 bits per heavy atom. The van der Waals surface area contributed by atoms with Gasteiger partial charge >= 0.3 is 0 Å². The van der Waals surface area contributed by atoms with Crippen LogP contribution < -0.4 is 5.73 Å². The highest BCUT2D eigenvalue weighted by atomic mass is 14.8. The first kappa shape index (κ1) is 11.4. The van der Waals surface area contributed by atoms with E-state index in [-0.39, 0.29) is 0 Å². The molecule has 1 aromatic rings. The van der Waals surface area contributed by atoms with Crippen LogP contribution in [0.2, 0.25) is 0 Å². The van der Waals surface area contributed by atoms with Gasteiger partial charge in [0.25, 0.3) is 0 Å². The number of anilines is 1. The highest BCUT2D eigenvalue weighted by molar-refractivity contribution is 5.40.